The van der Waals surface area contributed by atoms with E-state index in [-0.39, 0.29) is 78.0 Å². The molecule has 4 heterocycles. The highest BCUT2D eigenvalue weighted by atomic mass is 16.5. The molecule has 16 nitrogen and oxygen atoms in total. The van der Waals surface area contributed by atoms with Gasteiger partial charge in [-0.1, -0.05) is 161 Å². The summed E-state index contributed by atoms with van der Waals surface area (Å²) >= 11 is 0. The molecule has 0 bridgehead atoms. The molecular weight excluding hydrogens is 1280 g/mol. The summed E-state index contributed by atoms with van der Waals surface area (Å²) in [5, 5.41) is 16.4. The van der Waals surface area contributed by atoms with Crippen LogP contribution in [0.1, 0.15) is 221 Å². The van der Waals surface area contributed by atoms with E-state index in [0.29, 0.717) is 56.4 Å². The lowest BCUT2D eigenvalue weighted by Crippen LogP contribution is -2.24. The van der Waals surface area contributed by atoms with Crippen molar-refractivity contribution in [1.82, 2.24) is 9.97 Å². The molecule has 4 aromatic heterocycles. The first-order valence-electron chi connectivity index (χ1n) is 35.0. The minimum atomic E-state index is -0.647. The Morgan fingerprint density at radius 1 is 0.353 bits per heavy atom. The van der Waals surface area contributed by atoms with E-state index in [9.17, 15) is 19.2 Å². The second-order valence-corrected chi connectivity index (χ2v) is 35.4. The number of fused-ring (bicyclic) bond motifs is 6. The van der Waals surface area contributed by atoms with Crippen LogP contribution in [0.2, 0.25) is 0 Å². The molecule has 0 atom stereocenters. The van der Waals surface area contributed by atoms with Crippen molar-refractivity contribution in [2.75, 3.05) is 21.3 Å². The number of aromatic nitrogens is 2. The van der Waals surface area contributed by atoms with Gasteiger partial charge >= 0.3 is 0 Å². The lowest BCUT2D eigenvalue weighted by molar-refractivity contribution is 0.0990. The Bertz CT molecular complexity index is 5190. The Kier molecular flexibility index (Phi) is 17.4. The molecule has 0 fully saturated rings. The zero-order valence-electron chi connectivity index (χ0n) is 63.5. The third kappa shape index (κ3) is 14.6. The van der Waals surface area contributed by atoms with Crippen LogP contribution in [-0.4, -0.2) is 33.0 Å². The van der Waals surface area contributed by atoms with Crippen molar-refractivity contribution in [1.29, 1.82) is 0 Å². The first kappa shape index (κ1) is 71.6. The molecule has 102 heavy (non-hydrogen) atoms. The van der Waals surface area contributed by atoms with Crippen molar-refractivity contribution in [2.45, 2.75) is 210 Å². The van der Waals surface area contributed by atoms with Crippen LogP contribution in [-0.2, 0) is 32.5 Å². The average molecular weight is 1370 g/mol. The van der Waals surface area contributed by atoms with E-state index in [4.69, 9.17) is 37.1 Å². The molecular formula is C86H96N6O10. The van der Waals surface area contributed by atoms with Crippen molar-refractivity contribution in [3.63, 3.8) is 0 Å². The summed E-state index contributed by atoms with van der Waals surface area (Å²) in [6.45, 7) is 50.2. The summed E-state index contributed by atoms with van der Waals surface area (Å²) in [7, 11) is 0. The Balaban J connectivity index is 0.894. The molecule has 8 aromatic carbocycles. The van der Waals surface area contributed by atoms with Gasteiger partial charge in [0, 0.05) is 45.8 Å². The zero-order valence-corrected chi connectivity index (χ0v) is 63.5. The van der Waals surface area contributed by atoms with Gasteiger partial charge in [-0.15, -0.1) is 0 Å². The van der Waals surface area contributed by atoms with E-state index in [1.807, 2.05) is 114 Å². The predicted molar refractivity (Wildman–Crippen MR) is 415 cm³/mol. The third-order valence-corrected chi connectivity index (χ3v) is 18.2. The SMILES string of the molecule is CC(C)(C)Oc1ccc2cc(NC(=O)c3cc(=O)c4cc(C(C)(C)C)cc(Nc5nc6cc(C(C)(C)C)cc(C(C)(C)C)c6o5)c4o3)ccc2c1-c1c(OC(C)(C)C)ccc2cc(NC(=O)c3cc(=O)c4cc(C(C)(C)C)cc(Nc5nc6cc(C(C)(C)C)cc(C(C)(C)C)c6o5)c4o3)ccc12. The predicted octanol–water partition coefficient (Wildman–Crippen LogP) is 22.3. The van der Waals surface area contributed by atoms with E-state index < -0.39 is 33.9 Å². The van der Waals surface area contributed by atoms with Crippen LogP contribution in [0.3, 0.4) is 0 Å². The van der Waals surface area contributed by atoms with Gasteiger partial charge in [0.25, 0.3) is 23.8 Å². The van der Waals surface area contributed by atoms with Crippen LogP contribution in [0.15, 0.2) is 149 Å². The maximum atomic E-state index is 14.6. The van der Waals surface area contributed by atoms with Crippen LogP contribution in [0.25, 0.3) is 76.8 Å². The molecule has 0 radical (unpaired) electrons. The van der Waals surface area contributed by atoms with E-state index in [1.54, 1.807) is 12.1 Å². The van der Waals surface area contributed by atoms with E-state index in [1.165, 1.54) is 12.1 Å². The first-order chi connectivity index (χ1) is 47.1. The number of benzene rings is 8. The van der Waals surface area contributed by atoms with Gasteiger partial charge in [-0.25, -0.2) is 0 Å². The highest BCUT2D eigenvalue weighted by Crippen LogP contribution is 2.49. The van der Waals surface area contributed by atoms with Crippen molar-refractivity contribution >= 4 is 112 Å². The summed E-state index contributed by atoms with van der Waals surface area (Å²) in [6, 6.07) is 37.7. The molecule has 0 saturated carbocycles. The summed E-state index contributed by atoms with van der Waals surface area (Å²) in [6.07, 6.45) is 0. The quantitative estimate of drug-likeness (QED) is 0.0949. The number of hydrogen-bond acceptors (Lipinski definition) is 14. The Hall–Kier alpha value is -10.2. The van der Waals surface area contributed by atoms with Gasteiger partial charge in [0.2, 0.25) is 0 Å². The maximum absolute atomic E-state index is 14.6. The van der Waals surface area contributed by atoms with Crippen LogP contribution in [0.5, 0.6) is 11.5 Å². The minimum Gasteiger partial charge on any atom is -0.487 e. The molecule has 0 aliphatic rings. The van der Waals surface area contributed by atoms with Crippen molar-refractivity contribution in [3.8, 4) is 22.6 Å². The van der Waals surface area contributed by atoms with Crippen molar-refractivity contribution in [2.24, 2.45) is 0 Å². The van der Waals surface area contributed by atoms with Gasteiger partial charge in [0.15, 0.2) is 44.7 Å². The number of nitrogens with zero attached hydrogens (tertiary/aromatic N) is 2. The summed E-state index contributed by atoms with van der Waals surface area (Å²) in [5.74, 6) is -0.541. The lowest BCUT2D eigenvalue weighted by Gasteiger charge is -2.28. The number of hydrogen-bond donors (Lipinski definition) is 4. The molecule has 4 N–H and O–H groups in total. The molecule has 0 aliphatic heterocycles. The fourth-order valence-corrected chi connectivity index (χ4v) is 12.7. The third-order valence-electron chi connectivity index (χ3n) is 18.2. The van der Waals surface area contributed by atoms with E-state index in [0.717, 1.165) is 66.1 Å². The van der Waals surface area contributed by atoms with Gasteiger partial charge in [0.1, 0.15) is 33.7 Å². The van der Waals surface area contributed by atoms with E-state index in [2.05, 4.69) is 170 Å². The minimum absolute atomic E-state index is 0.150. The Morgan fingerprint density at radius 2 is 0.696 bits per heavy atom. The van der Waals surface area contributed by atoms with Gasteiger partial charge in [0.05, 0.1) is 22.1 Å². The molecule has 2 amide bonds. The summed E-state index contributed by atoms with van der Waals surface area (Å²) in [5.41, 5.74) is 8.51. The highest BCUT2D eigenvalue weighted by Gasteiger charge is 2.32. The van der Waals surface area contributed by atoms with Crippen LogP contribution < -0.4 is 41.6 Å². The zero-order chi connectivity index (χ0) is 74.3. The normalized spacial score (nSPS) is 13.1. The fourth-order valence-electron chi connectivity index (χ4n) is 12.7. The number of rotatable bonds is 11. The number of nitrogens with one attached hydrogen (secondary N) is 4. The van der Waals surface area contributed by atoms with Crippen molar-refractivity contribution < 1.29 is 36.7 Å². The standard InChI is InChI=1S/C86H96N6O10/c1-79(2,3)47-35-55-63(93)43-67(97-71(55)59(39-47)89-77-91-61-41-49(81(7,8)9)37-57(73(61)99-77)83(13,14)15)75(95)87-51-27-29-53-45(33-51)25-31-65(101-85(19,20)21)69(53)70-54-30-28-52(34-46(54)26-32-66(70)102-86(22,23)24)88-76(96)68-44-64(94)56-36-48(80(4,5)6)40-60(72(56)98-68)90-78-92-62-42-50(82(10,11)12)38-58(74(62)100-78)84(16,17)18/h25-44H,1-24H3,(H,87,95)(H,88,96)(H,89,91)(H,90,92). The van der Waals surface area contributed by atoms with Crippen LogP contribution in [0.4, 0.5) is 34.8 Å². The van der Waals surface area contributed by atoms with E-state index >= 15 is 0 Å². The molecule has 0 saturated heterocycles. The largest absolute Gasteiger partial charge is 0.487 e. The smallest absolute Gasteiger partial charge is 0.300 e. The van der Waals surface area contributed by atoms with Crippen LogP contribution >= 0.6 is 0 Å². The monoisotopic (exact) mass is 1370 g/mol. The molecule has 0 unspecified atom stereocenters. The summed E-state index contributed by atoms with van der Waals surface area (Å²) in [4.78, 5) is 67.7. The second-order valence-electron chi connectivity index (χ2n) is 35.4. The summed E-state index contributed by atoms with van der Waals surface area (Å²) < 4.78 is 39.7. The average Bonchev–Trinajstić information content (AvgIpc) is 0.841. The van der Waals surface area contributed by atoms with Gasteiger partial charge in [-0.3, -0.25) is 19.2 Å². The first-order valence-corrected chi connectivity index (χ1v) is 35.0. The van der Waals surface area contributed by atoms with Crippen LogP contribution in [0, 0.1) is 0 Å². The molecule has 530 valence electrons. The Labute approximate surface area is 596 Å². The number of carbonyl (C=O) groups excluding carboxylic acids is 2. The fraction of sp³-hybridized carbons (Fsp3) is 0.372. The Morgan fingerprint density at radius 3 is 1.02 bits per heavy atom. The molecule has 16 heteroatoms. The molecule has 12 aromatic rings. The molecule has 0 spiro atoms. The second kappa shape index (κ2) is 24.8. The number of amides is 2. The highest BCUT2D eigenvalue weighted by molar-refractivity contribution is 6.13. The topological polar surface area (TPSA) is 213 Å². The molecule has 12 rings (SSSR count). The van der Waals surface area contributed by atoms with Crippen molar-refractivity contribution in [3.05, 3.63) is 187 Å². The van der Waals surface area contributed by atoms with Gasteiger partial charge in [-0.05, 0) is 191 Å². The number of oxazole rings is 2. The number of carbonyl (C=O) groups is 2. The number of anilines is 6. The van der Waals surface area contributed by atoms with Gasteiger partial charge in [-0.2, -0.15) is 9.97 Å². The maximum Gasteiger partial charge on any atom is 0.300 e. The molecule has 0 aliphatic carbocycles. The van der Waals surface area contributed by atoms with Gasteiger partial charge < -0.3 is 48.4 Å². The lowest BCUT2D eigenvalue weighted by atomic mass is 9.80. The number of ether oxygens (including phenoxy) is 2.